The van der Waals surface area contributed by atoms with Crippen LogP contribution in [0.3, 0.4) is 0 Å². The predicted molar refractivity (Wildman–Crippen MR) is 76.1 cm³/mol. The average Bonchev–Trinajstić information content (AvgIpc) is 2.85. The zero-order valence-corrected chi connectivity index (χ0v) is 12.6. The minimum atomic E-state index is -3.42. The maximum absolute atomic E-state index is 12.8. The second kappa shape index (κ2) is 5.11. The van der Waals surface area contributed by atoms with Gasteiger partial charge in [0.15, 0.2) is 0 Å². The van der Waals surface area contributed by atoms with Crippen LogP contribution in [-0.2, 0) is 14.8 Å². The summed E-state index contributed by atoms with van der Waals surface area (Å²) in [5.41, 5.74) is 0.789. The number of rotatable bonds is 2. The molecule has 5 nitrogen and oxygen atoms in total. The summed E-state index contributed by atoms with van der Waals surface area (Å²) in [7, 11) is -1.39. The Morgan fingerprint density at radius 1 is 1.25 bits per heavy atom. The topological polar surface area (TPSA) is 49.9 Å². The highest BCUT2D eigenvalue weighted by molar-refractivity contribution is 7.89. The van der Waals surface area contributed by atoms with Crippen molar-refractivity contribution in [3.8, 4) is 0 Å². The molecule has 2 aliphatic heterocycles. The highest BCUT2D eigenvalue weighted by Gasteiger charge is 2.43. The van der Waals surface area contributed by atoms with Gasteiger partial charge in [-0.25, -0.2) is 8.42 Å². The van der Waals surface area contributed by atoms with Gasteiger partial charge >= 0.3 is 0 Å². The smallest absolute Gasteiger partial charge is 0.243 e. The molecular formula is C14H20N2O3S. The molecule has 20 heavy (non-hydrogen) atoms. The van der Waals surface area contributed by atoms with Gasteiger partial charge in [0, 0.05) is 19.6 Å². The third-order valence-corrected chi connectivity index (χ3v) is 6.25. The lowest BCUT2D eigenvalue weighted by atomic mass is 10.1. The Morgan fingerprint density at radius 2 is 2.00 bits per heavy atom. The summed E-state index contributed by atoms with van der Waals surface area (Å²) in [5, 5.41) is 0. The molecule has 0 radical (unpaired) electrons. The van der Waals surface area contributed by atoms with Crippen molar-refractivity contribution in [1.82, 2.24) is 9.21 Å². The third-order valence-electron chi connectivity index (χ3n) is 4.26. The molecule has 0 unspecified atom stereocenters. The van der Waals surface area contributed by atoms with Crippen molar-refractivity contribution in [2.75, 3.05) is 33.3 Å². The van der Waals surface area contributed by atoms with E-state index >= 15 is 0 Å². The van der Waals surface area contributed by atoms with Gasteiger partial charge in [0.1, 0.15) is 0 Å². The fourth-order valence-electron chi connectivity index (χ4n) is 3.01. The van der Waals surface area contributed by atoms with Gasteiger partial charge in [-0.2, -0.15) is 4.31 Å². The highest BCUT2D eigenvalue weighted by Crippen LogP contribution is 2.28. The number of fused-ring (bicyclic) bond motifs is 1. The van der Waals surface area contributed by atoms with E-state index in [0.29, 0.717) is 24.6 Å². The summed E-state index contributed by atoms with van der Waals surface area (Å²) in [6.45, 7) is 4.33. The van der Waals surface area contributed by atoms with Crippen LogP contribution in [0.5, 0.6) is 0 Å². The first-order valence-electron chi connectivity index (χ1n) is 6.88. The zero-order valence-electron chi connectivity index (χ0n) is 11.8. The van der Waals surface area contributed by atoms with Crippen molar-refractivity contribution in [2.45, 2.75) is 24.0 Å². The quantitative estimate of drug-likeness (QED) is 0.806. The van der Waals surface area contributed by atoms with Crippen LogP contribution in [0.4, 0.5) is 0 Å². The van der Waals surface area contributed by atoms with E-state index in [0.717, 1.165) is 12.1 Å². The van der Waals surface area contributed by atoms with Gasteiger partial charge in [-0.15, -0.1) is 0 Å². The van der Waals surface area contributed by atoms with Gasteiger partial charge in [-0.3, -0.25) is 4.90 Å². The SMILES string of the molecule is Cc1ccccc1S(=O)(=O)N1C[C@H]2OCCN(C)[C@H]2C1. The van der Waals surface area contributed by atoms with E-state index in [2.05, 4.69) is 4.90 Å². The van der Waals surface area contributed by atoms with Crippen LogP contribution in [-0.4, -0.2) is 63.1 Å². The molecule has 2 fully saturated rings. The van der Waals surface area contributed by atoms with Crippen molar-refractivity contribution in [2.24, 2.45) is 0 Å². The molecule has 0 N–H and O–H groups in total. The molecule has 2 atom stereocenters. The Labute approximate surface area is 120 Å². The summed E-state index contributed by atoms with van der Waals surface area (Å²) in [5.74, 6) is 0. The van der Waals surface area contributed by atoms with Crippen LogP contribution in [0.2, 0.25) is 0 Å². The summed E-state index contributed by atoms with van der Waals surface area (Å²) < 4.78 is 32.8. The standard InChI is InChI=1S/C14H20N2O3S/c1-11-5-3-4-6-14(11)20(17,18)16-9-12-13(10-16)19-8-7-15(12)2/h3-6,12-13H,7-10H2,1-2H3/t12-,13+/m0/s1. The van der Waals surface area contributed by atoms with Crippen molar-refractivity contribution in [3.63, 3.8) is 0 Å². The molecule has 0 spiro atoms. The number of likely N-dealkylation sites (N-methyl/N-ethyl adjacent to an activating group) is 1. The monoisotopic (exact) mass is 296 g/mol. The number of benzene rings is 1. The number of hydrogen-bond acceptors (Lipinski definition) is 4. The Morgan fingerprint density at radius 3 is 2.70 bits per heavy atom. The minimum absolute atomic E-state index is 0.00690. The molecule has 2 aliphatic rings. The Hall–Kier alpha value is -0.950. The Bertz CT molecular complexity index is 602. The molecular weight excluding hydrogens is 276 g/mol. The summed E-state index contributed by atoms with van der Waals surface area (Å²) >= 11 is 0. The van der Waals surface area contributed by atoms with E-state index < -0.39 is 10.0 Å². The molecule has 1 aromatic carbocycles. The van der Waals surface area contributed by atoms with Crippen LogP contribution in [0, 0.1) is 6.92 Å². The van der Waals surface area contributed by atoms with Crippen molar-refractivity contribution >= 4 is 10.0 Å². The predicted octanol–water partition coefficient (Wildman–Crippen LogP) is 0.699. The maximum atomic E-state index is 12.8. The zero-order chi connectivity index (χ0) is 14.3. The van der Waals surface area contributed by atoms with Crippen molar-refractivity contribution in [3.05, 3.63) is 29.8 Å². The average molecular weight is 296 g/mol. The lowest BCUT2D eigenvalue weighted by molar-refractivity contribution is -0.0366. The molecule has 0 amide bonds. The fraction of sp³-hybridized carbons (Fsp3) is 0.571. The Kier molecular flexibility index (Phi) is 3.58. The largest absolute Gasteiger partial charge is 0.374 e. The minimum Gasteiger partial charge on any atom is -0.374 e. The van der Waals surface area contributed by atoms with Crippen LogP contribution >= 0.6 is 0 Å². The van der Waals surface area contributed by atoms with E-state index in [4.69, 9.17) is 4.74 Å². The molecule has 0 aliphatic carbocycles. The first-order chi connectivity index (χ1) is 9.50. The molecule has 0 aromatic heterocycles. The number of morpholine rings is 1. The van der Waals surface area contributed by atoms with E-state index in [1.165, 1.54) is 0 Å². The van der Waals surface area contributed by atoms with Crippen molar-refractivity contribution < 1.29 is 13.2 Å². The number of hydrogen-bond donors (Lipinski definition) is 0. The molecule has 0 saturated carbocycles. The normalized spacial score (nSPS) is 28.5. The second-order valence-corrected chi connectivity index (χ2v) is 7.45. The molecule has 0 bridgehead atoms. The third kappa shape index (κ3) is 2.26. The van der Waals surface area contributed by atoms with E-state index in [9.17, 15) is 8.42 Å². The lowest BCUT2D eigenvalue weighted by Gasteiger charge is -2.33. The molecule has 110 valence electrons. The van der Waals surface area contributed by atoms with E-state index in [1.807, 2.05) is 26.1 Å². The summed E-state index contributed by atoms with van der Waals surface area (Å²) in [4.78, 5) is 2.60. The molecule has 3 rings (SSSR count). The molecule has 6 heteroatoms. The van der Waals surface area contributed by atoms with Gasteiger partial charge in [0.2, 0.25) is 10.0 Å². The molecule has 2 heterocycles. The van der Waals surface area contributed by atoms with E-state index in [1.54, 1.807) is 16.4 Å². The highest BCUT2D eigenvalue weighted by atomic mass is 32.2. The summed E-state index contributed by atoms with van der Waals surface area (Å²) in [6, 6.07) is 7.30. The second-order valence-electron chi connectivity index (χ2n) is 5.54. The van der Waals surface area contributed by atoms with Crippen LogP contribution in [0.25, 0.3) is 0 Å². The van der Waals surface area contributed by atoms with Gasteiger partial charge in [0.05, 0.1) is 23.6 Å². The van der Waals surface area contributed by atoms with Crippen LogP contribution in [0.1, 0.15) is 5.56 Å². The first-order valence-corrected chi connectivity index (χ1v) is 8.32. The van der Waals surface area contributed by atoms with Crippen LogP contribution in [0.15, 0.2) is 29.2 Å². The van der Waals surface area contributed by atoms with Crippen molar-refractivity contribution in [1.29, 1.82) is 0 Å². The van der Waals surface area contributed by atoms with Gasteiger partial charge in [-0.1, -0.05) is 18.2 Å². The molecule has 2 saturated heterocycles. The van der Waals surface area contributed by atoms with Gasteiger partial charge in [0.25, 0.3) is 0 Å². The van der Waals surface area contributed by atoms with Gasteiger partial charge < -0.3 is 4.74 Å². The number of ether oxygens (including phenoxy) is 1. The summed E-state index contributed by atoms with van der Waals surface area (Å²) in [6.07, 6.45) is -0.00690. The first kappa shape index (κ1) is 14.0. The number of nitrogens with zero attached hydrogens (tertiary/aromatic N) is 2. The Balaban J connectivity index is 1.89. The van der Waals surface area contributed by atoms with E-state index in [-0.39, 0.29) is 12.1 Å². The lowest BCUT2D eigenvalue weighted by Crippen LogP contribution is -2.48. The van der Waals surface area contributed by atoms with Crippen LogP contribution < -0.4 is 0 Å². The van der Waals surface area contributed by atoms with Gasteiger partial charge in [-0.05, 0) is 25.6 Å². The number of aryl methyl sites for hydroxylation is 1. The maximum Gasteiger partial charge on any atom is 0.243 e. The number of sulfonamides is 1. The fourth-order valence-corrected chi connectivity index (χ4v) is 4.70. The molecule has 1 aromatic rings.